The van der Waals surface area contributed by atoms with Crippen LogP contribution in [0.3, 0.4) is 0 Å². The molecule has 172 valence electrons. The van der Waals surface area contributed by atoms with Gasteiger partial charge in [-0.1, -0.05) is 71.6 Å². The lowest BCUT2D eigenvalue weighted by Gasteiger charge is -2.34. The van der Waals surface area contributed by atoms with Gasteiger partial charge in [-0.2, -0.15) is 5.26 Å². The molecule has 1 aromatic heterocycles. The zero-order valence-electron chi connectivity index (χ0n) is 19.8. The predicted molar refractivity (Wildman–Crippen MR) is 126 cm³/mol. The molecule has 0 aromatic carbocycles. The van der Waals surface area contributed by atoms with Crippen LogP contribution < -0.4 is 4.74 Å². The summed E-state index contributed by atoms with van der Waals surface area (Å²) in [6.07, 6.45) is 19.1. The summed E-state index contributed by atoms with van der Waals surface area (Å²) in [7, 11) is 0. The van der Waals surface area contributed by atoms with E-state index in [2.05, 4.69) is 24.9 Å². The molecular formula is C27H42N2O2. The fourth-order valence-corrected chi connectivity index (χ4v) is 4.62. The number of pyridine rings is 1. The number of nitrogens with zero attached hydrogens (tertiary/aromatic N) is 2. The summed E-state index contributed by atoms with van der Waals surface area (Å²) in [5.74, 6) is 0.274. The zero-order valence-corrected chi connectivity index (χ0v) is 19.8. The average Bonchev–Trinajstić information content (AvgIpc) is 2.80. The fraction of sp³-hybridized carbons (Fsp3) is 0.741. The molecule has 4 heteroatoms. The van der Waals surface area contributed by atoms with Gasteiger partial charge in [-0.05, 0) is 57.1 Å². The van der Waals surface area contributed by atoms with E-state index >= 15 is 0 Å². The largest absolute Gasteiger partial charge is 0.425 e. The van der Waals surface area contributed by atoms with Crippen molar-refractivity contribution in [1.82, 2.24) is 4.98 Å². The zero-order chi connectivity index (χ0) is 22.4. The minimum atomic E-state index is -0.233. The summed E-state index contributed by atoms with van der Waals surface area (Å²) in [6, 6.07) is 6.43. The number of aryl methyl sites for hydroxylation is 1. The molecule has 1 aliphatic carbocycles. The topological polar surface area (TPSA) is 63.0 Å². The Bertz CT molecular complexity index is 669. The molecule has 1 fully saturated rings. The molecule has 31 heavy (non-hydrogen) atoms. The highest BCUT2D eigenvalue weighted by molar-refractivity contribution is 5.75. The summed E-state index contributed by atoms with van der Waals surface area (Å²) in [5.41, 5.74) is 0.829. The number of carbonyl (C=O) groups is 1. The number of hydrogen-bond donors (Lipinski definition) is 0. The quantitative estimate of drug-likeness (QED) is 0.227. The van der Waals surface area contributed by atoms with Gasteiger partial charge in [-0.3, -0.25) is 9.78 Å². The molecule has 1 aliphatic rings. The van der Waals surface area contributed by atoms with E-state index in [1.54, 1.807) is 6.20 Å². The lowest BCUT2D eigenvalue weighted by atomic mass is 9.69. The molecule has 0 atom stereocenters. The van der Waals surface area contributed by atoms with Crippen molar-refractivity contribution in [3.63, 3.8) is 0 Å². The molecular weight excluding hydrogens is 384 g/mol. The Morgan fingerprint density at radius 3 is 2.26 bits per heavy atom. The molecule has 0 bridgehead atoms. The minimum Gasteiger partial charge on any atom is -0.425 e. The van der Waals surface area contributed by atoms with Crippen molar-refractivity contribution < 1.29 is 9.53 Å². The third-order valence-electron chi connectivity index (χ3n) is 6.82. The van der Waals surface area contributed by atoms with Crippen molar-refractivity contribution >= 4 is 5.97 Å². The summed E-state index contributed by atoms with van der Waals surface area (Å²) >= 11 is 0. The predicted octanol–water partition coefficient (Wildman–Crippen LogP) is 7.56. The summed E-state index contributed by atoms with van der Waals surface area (Å²) in [4.78, 5) is 17.1. The van der Waals surface area contributed by atoms with Crippen molar-refractivity contribution in [3.8, 4) is 11.8 Å². The van der Waals surface area contributed by atoms with Crippen LogP contribution in [0.2, 0.25) is 0 Å². The Hall–Kier alpha value is -1.89. The van der Waals surface area contributed by atoms with Crippen LogP contribution in [0.4, 0.5) is 0 Å². The first kappa shape index (κ1) is 25.4. The summed E-state index contributed by atoms with van der Waals surface area (Å²) in [5, 5.41) is 9.76. The maximum atomic E-state index is 12.6. The van der Waals surface area contributed by atoms with Gasteiger partial charge in [0.15, 0.2) is 0 Å². The molecule has 0 amide bonds. The van der Waals surface area contributed by atoms with Gasteiger partial charge in [0.05, 0.1) is 23.6 Å². The number of hydrogen-bond acceptors (Lipinski definition) is 4. The summed E-state index contributed by atoms with van der Waals surface area (Å²) < 4.78 is 5.61. The molecule has 0 spiro atoms. The lowest BCUT2D eigenvalue weighted by Crippen LogP contribution is -2.31. The Morgan fingerprint density at radius 2 is 1.68 bits per heavy atom. The molecule has 1 heterocycles. The number of ether oxygens (including phenoxy) is 1. The minimum absolute atomic E-state index is 0.0974. The van der Waals surface area contributed by atoms with Crippen LogP contribution in [-0.4, -0.2) is 11.0 Å². The Labute approximate surface area is 189 Å². The van der Waals surface area contributed by atoms with Gasteiger partial charge in [0.1, 0.15) is 5.75 Å². The average molecular weight is 427 g/mol. The van der Waals surface area contributed by atoms with E-state index in [0.29, 0.717) is 5.75 Å². The van der Waals surface area contributed by atoms with Gasteiger partial charge < -0.3 is 4.74 Å². The molecule has 2 rings (SSSR count). The van der Waals surface area contributed by atoms with Crippen LogP contribution in [-0.2, 0) is 11.2 Å². The first-order valence-electron chi connectivity index (χ1n) is 12.7. The van der Waals surface area contributed by atoms with E-state index < -0.39 is 0 Å². The molecule has 0 N–H and O–H groups in total. The number of rotatable bonds is 14. The van der Waals surface area contributed by atoms with Crippen LogP contribution in [0, 0.1) is 22.7 Å². The van der Waals surface area contributed by atoms with E-state index in [-0.39, 0.29) is 17.3 Å². The van der Waals surface area contributed by atoms with Crippen LogP contribution in [0.1, 0.15) is 116 Å². The van der Waals surface area contributed by atoms with Crippen molar-refractivity contribution in [2.45, 2.75) is 117 Å². The van der Waals surface area contributed by atoms with Crippen LogP contribution in [0.5, 0.6) is 5.75 Å². The maximum Gasteiger partial charge on any atom is 0.314 e. The van der Waals surface area contributed by atoms with Crippen molar-refractivity contribution in [2.75, 3.05) is 0 Å². The lowest BCUT2D eigenvalue weighted by molar-refractivity contribution is -0.140. The fourth-order valence-electron chi connectivity index (χ4n) is 4.62. The third-order valence-corrected chi connectivity index (χ3v) is 6.82. The number of carbonyl (C=O) groups excluding carboxylic acids is 1. The van der Waals surface area contributed by atoms with E-state index in [4.69, 9.17) is 4.74 Å². The maximum absolute atomic E-state index is 12.6. The van der Waals surface area contributed by atoms with Gasteiger partial charge in [0, 0.05) is 5.69 Å². The van der Waals surface area contributed by atoms with E-state index in [9.17, 15) is 10.1 Å². The van der Waals surface area contributed by atoms with Gasteiger partial charge in [0.25, 0.3) is 0 Å². The highest BCUT2D eigenvalue weighted by Crippen LogP contribution is 2.42. The van der Waals surface area contributed by atoms with Crippen molar-refractivity contribution in [1.29, 1.82) is 5.26 Å². The Morgan fingerprint density at radius 1 is 1.03 bits per heavy atom. The summed E-state index contributed by atoms with van der Waals surface area (Å²) in [6.45, 7) is 4.45. The van der Waals surface area contributed by atoms with Crippen molar-refractivity contribution in [3.05, 3.63) is 24.0 Å². The molecule has 4 nitrogen and oxygen atoms in total. The van der Waals surface area contributed by atoms with Gasteiger partial charge >= 0.3 is 5.97 Å². The Balaban J connectivity index is 1.72. The van der Waals surface area contributed by atoms with Gasteiger partial charge in [0.2, 0.25) is 0 Å². The number of unbranched alkanes of at least 4 members (excludes halogenated alkanes) is 8. The molecule has 0 radical (unpaired) electrons. The van der Waals surface area contributed by atoms with Gasteiger partial charge in [-0.15, -0.1) is 0 Å². The highest BCUT2D eigenvalue weighted by Gasteiger charge is 2.37. The van der Waals surface area contributed by atoms with E-state index in [0.717, 1.165) is 57.1 Å². The standard InChI is InChI=1S/C27H42N2O2/c1-3-5-7-9-11-13-24-14-15-25(21-29-24)31-26(30)23-16-19-27(22-28,20-17-23)18-12-10-8-6-4-2/h14-15,21,23H,3-13,16-20H2,1-2H3. The SMILES string of the molecule is CCCCCCCc1ccc(OC(=O)C2CCC(C#N)(CCCCCCC)CC2)cn1. The molecule has 1 aromatic rings. The smallest absolute Gasteiger partial charge is 0.314 e. The normalized spacial score (nSPS) is 20.9. The second-order valence-corrected chi connectivity index (χ2v) is 9.40. The first-order chi connectivity index (χ1) is 15.1. The third kappa shape index (κ3) is 9.01. The van der Waals surface area contributed by atoms with Crippen LogP contribution in [0.15, 0.2) is 18.3 Å². The second-order valence-electron chi connectivity index (χ2n) is 9.40. The molecule has 0 aliphatic heterocycles. The van der Waals surface area contributed by atoms with Gasteiger partial charge in [-0.25, -0.2) is 0 Å². The van der Waals surface area contributed by atoms with Crippen LogP contribution >= 0.6 is 0 Å². The number of nitriles is 1. The molecule has 1 saturated carbocycles. The molecule has 0 unspecified atom stereocenters. The number of aromatic nitrogens is 1. The van der Waals surface area contributed by atoms with E-state index in [1.807, 2.05) is 12.1 Å². The number of esters is 1. The second kappa shape index (κ2) is 14.2. The van der Waals surface area contributed by atoms with E-state index in [1.165, 1.54) is 51.4 Å². The highest BCUT2D eigenvalue weighted by atomic mass is 16.5. The monoisotopic (exact) mass is 426 g/mol. The van der Waals surface area contributed by atoms with Crippen molar-refractivity contribution in [2.24, 2.45) is 11.3 Å². The first-order valence-corrected chi connectivity index (χ1v) is 12.7. The Kier molecular flexibility index (Phi) is 11.6. The molecule has 0 saturated heterocycles. The van der Waals surface area contributed by atoms with Crippen LogP contribution in [0.25, 0.3) is 0 Å².